The summed E-state index contributed by atoms with van der Waals surface area (Å²) in [6.45, 7) is 9.36. The van der Waals surface area contributed by atoms with Crippen LogP contribution in [0.3, 0.4) is 0 Å². The van der Waals surface area contributed by atoms with Gasteiger partial charge in [-0.05, 0) is 25.7 Å². The molecule has 1 saturated heterocycles. The number of anilines is 2. The lowest BCUT2D eigenvalue weighted by Gasteiger charge is -2.36. The molecule has 9 nitrogen and oxygen atoms in total. The van der Waals surface area contributed by atoms with Gasteiger partial charge in [-0.25, -0.2) is 15.0 Å². The van der Waals surface area contributed by atoms with E-state index >= 15 is 0 Å². The number of pyridine rings is 1. The van der Waals surface area contributed by atoms with Crippen molar-refractivity contribution in [2.75, 3.05) is 69.1 Å². The minimum Gasteiger partial charge on any atom is -0.394 e. The Labute approximate surface area is 207 Å². The van der Waals surface area contributed by atoms with Crippen molar-refractivity contribution >= 4 is 55.2 Å². The van der Waals surface area contributed by atoms with E-state index in [1.807, 2.05) is 6.26 Å². The number of hydrogen-bond donors (Lipinski definition) is 2. The molecule has 5 heterocycles. The van der Waals surface area contributed by atoms with Crippen LogP contribution in [0.5, 0.6) is 0 Å². The molecule has 0 aliphatic carbocycles. The lowest BCUT2D eigenvalue weighted by molar-refractivity contribution is -0.0396. The van der Waals surface area contributed by atoms with Crippen molar-refractivity contribution in [1.82, 2.24) is 15.0 Å². The molecule has 0 spiro atoms. The van der Waals surface area contributed by atoms with Gasteiger partial charge in [0.05, 0.1) is 55.5 Å². The van der Waals surface area contributed by atoms with Crippen LogP contribution in [0.4, 0.5) is 11.6 Å². The monoisotopic (exact) mass is 505 g/mol. The fourth-order valence-electron chi connectivity index (χ4n) is 4.49. The van der Waals surface area contributed by atoms with E-state index in [1.54, 1.807) is 11.3 Å². The first-order chi connectivity index (χ1) is 16.5. The van der Waals surface area contributed by atoms with Crippen molar-refractivity contribution in [3.8, 4) is 0 Å². The third-order valence-electron chi connectivity index (χ3n) is 6.12. The molecule has 0 bridgehead atoms. The largest absolute Gasteiger partial charge is 0.394 e. The maximum absolute atomic E-state index is 8.93. The minimum absolute atomic E-state index is 0.0208. The van der Waals surface area contributed by atoms with Crippen LogP contribution >= 0.6 is 23.1 Å². The summed E-state index contributed by atoms with van der Waals surface area (Å²) in [6.07, 6.45) is 2.80. The highest BCUT2D eigenvalue weighted by molar-refractivity contribution is 7.98. The maximum Gasteiger partial charge on any atom is 0.189 e. The lowest BCUT2D eigenvalue weighted by Crippen LogP contribution is -2.39. The highest BCUT2D eigenvalue weighted by Crippen LogP contribution is 2.44. The number of aromatic nitrogens is 3. The summed E-state index contributed by atoms with van der Waals surface area (Å²) in [6, 6.07) is 0. The average Bonchev–Trinajstić information content (AvgIpc) is 3.22. The molecule has 2 N–H and O–H groups in total. The second kappa shape index (κ2) is 10.1. The van der Waals surface area contributed by atoms with Gasteiger partial charge < -0.3 is 29.5 Å². The molecule has 2 aliphatic heterocycles. The predicted octanol–water partition coefficient (Wildman–Crippen LogP) is 3.07. The highest BCUT2D eigenvalue weighted by atomic mass is 32.2. The number of aliphatic hydroxyl groups is 1. The number of nitrogens with one attached hydrogen (secondary N) is 1. The van der Waals surface area contributed by atoms with Gasteiger partial charge in [0.2, 0.25) is 0 Å². The van der Waals surface area contributed by atoms with Crippen LogP contribution in [-0.4, -0.2) is 84.6 Å². The molecular weight excluding hydrogens is 474 g/mol. The van der Waals surface area contributed by atoms with Crippen molar-refractivity contribution in [3.63, 3.8) is 0 Å². The Morgan fingerprint density at radius 1 is 1.18 bits per heavy atom. The Kier molecular flexibility index (Phi) is 7.10. The molecule has 184 valence electrons. The Bertz CT molecular complexity index is 1180. The van der Waals surface area contributed by atoms with Gasteiger partial charge in [0, 0.05) is 37.0 Å². The third kappa shape index (κ3) is 4.69. The van der Waals surface area contributed by atoms with E-state index in [-0.39, 0.29) is 12.2 Å². The molecule has 3 aromatic heterocycles. The molecule has 0 saturated carbocycles. The van der Waals surface area contributed by atoms with Crippen LogP contribution in [0.15, 0.2) is 5.16 Å². The number of hydrogen-bond acceptors (Lipinski definition) is 11. The van der Waals surface area contributed by atoms with Crippen molar-refractivity contribution < 1.29 is 19.3 Å². The predicted molar refractivity (Wildman–Crippen MR) is 136 cm³/mol. The van der Waals surface area contributed by atoms with E-state index < -0.39 is 0 Å². The fraction of sp³-hybridized carbons (Fsp3) is 0.609. The van der Waals surface area contributed by atoms with Crippen LogP contribution < -0.4 is 10.2 Å². The number of rotatable bonds is 8. The fourth-order valence-corrected chi connectivity index (χ4v) is 5.96. The standard InChI is InChI=1S/C23H31N5O4S2/c1-23(2)12-14-15(13-32-23)20(28-5-9-31-10-6-28)27-21-16(14)17-18(34-21)19(26-22(25-17)33-3)24-4-8-30-11-7-29/h29H,4-13H2,1-3H3,(H,24,25,26). The second-order valence-corrected chi connectivity index (χ2v) is 10.8. The molecule has 34 heavy (non-hydrogen) atoms. The van der Waals surface area contributed by atoms with Gasteiger partial charge in [0.1, 0.15) is 16.5 Å². The first-order valence-corrected chi connectivity index (χ1v) is 13.6. The molecule has 0 aromatic carbocycles. The number of nitrogens with zero attached hydrogens (tertiary/aromatic N) is 4. The van der Waals surface area contributed by atoms with Gasteiger partial charge in [-0.15, -0.1) is 11.3 Å². The number of aliphatic hydroxyl groups excluding tert-OH is 1. The van der Waals surface area contributed by atoms with Crippen molar-refractivity contribution in [1.29, 1.82) is 0 Å². The minimum atomic E-state index is -0.252. The second-order valence-electron chi connectivity index (χ2n) is 9.00. The number of morpholine rings is 1. The third-order valence-corrected chi connectivity index (χ3v) is 7.74. The number of thiophene rings is 1. The Hall–Kier alpha value is -1.76. The van der Waals surface area contributed by atoms with E-state index in [9.17, 15) is 0 Å². The zero-order valence-corrected chi connectivity index (χ0v) is 21.5. The van der Waals surface area contributed by atoms with E-state index in [0.29, 0.717) is 39.6 Å². The molecule has 0 radical (unpaired) electrons. The molecule has 1 fully saturated rings. The van der Waals surface area contributed by atoms with Crippen molar-refractivity contribution in [2.24, 2.45) is 0 Å². The molecule has 5 rings (SSSR count). The SMILES string of the molecule is CSc1nc(NCCOCCO)c2sc3nc(N4CCOCC4)c4c(c3c2n1)CC(C)(C)OC4. The average molecular weight is 506 g/mol. The van der Waals surface area contributed by atoms with Crippen LogP contribution in [0.2, 0.25) is 0 Å². The van der Waals surface area contributed by atoms with E-state index in [1.165, 1.54) is 22.9 Å². The van der Waals surface area contributed by atoms with Crippen molar-refractivity contribution in [3.05, 3.63) is 11.1 Å². The van der Waals surface area contributed by atoms with Crippen LogP contribution in [0.1, 0.15) is 25.0 Å². The van der Waals surface area contributed by atoms with Gasteiger partial charge in [-0.3, -0.25) is 0 Å². The van der Waals surface area contributed by atoms with Crippen LogP contribution in [-0.2, 0) is 27.2 Å². The summed E-state index contributed by atoms with van der Waals surface area (Å²) in [5.41, 5.74) is 3.16. The summed E-state index contributed by atoms with van der Waals surface area (Å²) in [7, 11) is 0. The van der Waals surface area contributed by atoms with E-state index in [2.05, 4.69) is 24.1 Å². The highest BCUT2D eigenvalue weighted by Gasteiger charge is 2.33. The Morgan fingerprint density at radius 3 is 2.76 bits per heavy atom. The Balaban J connectivity index is 1.65. The molecule has 0 unspecified atom stereocenters. The topological polar surface area (TPSA) is 102 Å². The van der Waals surface area contributed by atoms with Crippen molar-refractivity contribution in [2.45, 2.75) is 37.6 Å². The number of ether oxygens (including phenoxy) is 3. The summed E-state index contributed by atoms with van der Waals surface area (Å²) in [5, 5.41) is 14.2. The van der Waals surface area contributed by atoms with Gasteiger partial charge in [0.15, 0.2) is 5.16 Å². The molecule has 2 aliphatic rings. The zero-order valence-electron chi connectivity index (χ0n) is 19.8. The molecule has 0 amide bonds. The van der Waals surface area contributed by atoms with Crippen LogP contribution in [0.25, 0.3) is 20.4 Å². The smallest absolute Gasteiger partial charge is 0.189 e. The number of fused-ring (bicyclic) bond motifs is 5. The molecule has 11 heteroatoms. The van der Waals surface area contributed by atoms with Gasteiger partial charge in [-0.2, -0.15) is 0 Å². The van der Waals surface area contributed by atoms with Gasteiger partial charge in [-0.1, -0.05) is 11.8 Å². The van der Waals surface area contributed by atoms with E-state index in [0.717, 1.165) is 56.7 Å². The first-order valence-electron chi connectivity index (χ1n) is 11.6. The molecular formula is C23H31N5O4S2. The zero-order chi connectivity index (χ0) is 23.7. The lowest BCUT2D eigenvalue weighted by atomic mass is 9.90. The van der Waals surface area contributed by atoms with Crippen LogP contribution in [0, 0.1) is 0 Å². The first kappa shape index (κ1) is 24.0. The Morgan fingerprint density at radius 2 is 2.00 bits per heavy atom. The summed E-state index contributed by atoms with van der Waals surface area (Å²) < 4.78 is 18.2. The summed E-state index contributed by atoms with van der Waals surface area (Å²) in [5.74, 6) is 1.82. The normalized spacial score (nSPS) is 17.9. The molecule has 0 atom stereocenters. The quantitative estimate of drug-likeness (QED) is 0.270. The summed E-state index contributed by atoms with van der Waals surface area (Å²) >= 11 is 3.17. The number of thioether (sulfide) groups is 1. The van der Waals surface area contributed by atoms with Gasteiger partial charge in [0.25, 0.3) is 0 Å². The summed E-state index contributed by atoms with van der Waals surface area (Å²) in [4.78, 5) is 18.2. The van der Waals surface area contributed by atoms with Gasteiger partial charge >= 0.3 is 0 Å². The molecule has 3 aromatic rings. The maximum atomic E-state index is 8.93. The van der Waals surface area contributed by atoms with E-state index in [4.69, 9.17) is 34.3 Å².